The summed E-state index contributed by atoms with van der Waals surface area (Å²) in [6.07, 6.45) is -0.383. The van der Waals surface area contributed by atoms with Gasteiger partial charge in [-0.25, -0.2) is 0 Å². The first-order valence-electron chi connectivity index (χ1n) is 5.11. The van der Waals surface area contributed by atoms with Crippen molar-refractivity contribution in [3.63, 3.8) is 0 Å². The Balaban J connectivity index is 1.93. The Morgan fingerprint density at radius 1 is 1.32 bits per heavy atom. The molecule has 0 atom stereocenters. The predicted octanol–water partition coefficient (Wildman–Crippen LogP) is 1.67. The molecule has 1 aliphatic heterocycles. The van der Waals surface area contributed by atoms with Crippen molar-refractivity contribution in [3.05, 3.63) is 34.4 Å². The Morgan fingerprint density at radius 2 is 1.89 bits per heavy atom. The van der Waals surface area contributed by atoms with E-state index in [2.05, 4.69) is 0 Å². The average Bonchev–Trinajstić information content (AvgIpc) is 2.41. The molecule has 2 rings (SSSR count). The van der Waals surface area contributed by atoms with Crippen LogP contribution in [-0.2, 0) is 16.0 Å². The summed E-state index contributed by atoms with van der Waals surface area (Å²) >= 11 is -2.72. The van der Waals surface area contributed by atoms with E-state index in [9.17, 15) is 18.5 Å². The van der Waals surface area contributed by atoms with E-state index in [4.69, 9.17) is 12.4 Å². The summed E-state index contributed by atoms with van der Waals surface area (Å²) in [4.78, 5) is 9.94. The van der Waals surface area contributed by atoms with Crippen molar-refractivity contribution < 1.29 is 25.7 Å². The van der Waals surface area contributed by atoms with Gasteiger partial charge in [-0.3, -0.25) is 0 Å². The van der Waals surface area contributed by atoms with Gasteiger partial charge >= 0.3 is 112 Å². The Hall–Kier alpha value is -1.11. The first kappa shape index (κ1) is 14.3. The van der Waals surface area contributed by atoms with E-state index in [0.29, 0.717) is 5.75 Å². The Labute approximate surface area is 112 Å². The fraction of sp³-hybridized carbons (Fsp3) is 0.333. The van der Waals surface area contributed by atoms with Crippen LogP contribution in [0.2, 0.25) is 0 Å². The molecule has 1 saturated heterocycles. The van der Waals surface area contributed by atoms with Crippen LogP contribution in [0.4, 0.5) is 5.69 Å². The fourth-order valence-electron chi connectivity index (χ4n) is 1.28. The van der Waals surface area contributed by atoms with Crippen molar-refractivity contribution in [2.75, 3.05) is 19.0 Å². The Bertz CT molecular complexity index is 532. The number of non-ortho nitro benzene ring substituents is 1. The van der Waals surface area contributed by atoms with Gasteiger partial charge in [-0.15, -0.1) is 0 Å². The zero-order chi connectivity index (χ0) is 13.9. The van der Waals surface area contributed by atoms with Gasteiger partial charge in [0.1, 0.15) is 0 Å². The Kier molecular flexibility index (Phi) is 4.44. The third kappa shape index (κ3) is 3.92. The van der Waals surface area contributed by atoms with Crippen LogP contribution >= 0.6 is 7.14 Å². The monoisotopic (exact) mass is 355 g/mol. The molecule has 0 radical (unpaired) electrons. The molecule has 0 aliphatic carbocycles. The first-order chi connectivity index (χ1) is 8.98. The maximum absolute atomic E-state index is 12.1. The Morgan fingerprint density at radius 3 is 2.42 bits per heavy atom. The van der Waals surface area contributed by atoms with Crippen LogP contribution in [0.3, 0.4) is 0 Å². The summed E-state index contributed by atoms with van der Waals surface area (Å²) in [7, 11) is -2.82. The van der Waals surface area contributed by atoms with Crippen LogP contribution in [0.1, 0.15) is 0 Å². The van der Waals surface area contributed by atoms with Crippen LogP contribution in [0.15, 0.2) is 24.3 Å². The van der Waals surface area contributed by atoms with Crippen molar-refractivity contribution in [1.82, 2.24) is 0 Å². The topological polar surface area (TPSA) is 105 Å². The van der Waals surface area contributed by atoms with Gasteiger partial charge in [-0.2, -0.15) is 0 Å². The molecule has 0 unspecified atom stereocenters. The van der Waals surface area contributed by atoms with Crippen LogP contribution in [0.5, 0.6) is 5.75 Å². The summed E-state index contributed by atoms with van der Waals surface area (Å²) in [5, 5.41) is 10.5. The van der Waals surface area contributed by atoms with Gasteiger partial charge in [0.15, 0.2) is 0 Å². The zero-order valence-corrected chi connectivity index (χ0v) is 12.2. The SMILES string of the molecule is O=[N+]([O-])c1ccc(OCP2(=O)CO[Se](=O)OC2)cc1. The van der Waals surface area contributed by atoms with E-state index in [0.717, 1.165) is 0 Å². The van der Waals surface area contributed by atoms with Crippen LogP contribution < -0.4 is 4.74 Å². The maximum atomic E-state index is 12.1. The van der Waals surface area contributed by atoms with Gasteiger partial charge in [0.05, 0.1) is 0 Å². The van der Waals surface area contributed by atoms with Crippen molar-refractivity contribution >= 4 is 27.3 Å². The molecule has 0 N–H and O–H groups in total. The van der Waals surface area contributed by atoms with Crippen LogP contribution in [0, 0.1) is 10.1 Å². The van der Waals surface area contributed by atoms with E-state index in [1.54, 1.807) is 0 Å². The second kappa shape index (κ2) is 5.90. The van der Waals surface area contributed by atoms with Crippen molar-refractivity contribution in [2.45, 2.75) is 0 Å². The number of hydrogen-bond donors (Lipinski definition) is 0. The van der Waals surface area contributed by atoms with Gasteiger partial charge < -0.3 is 0 Å². The molecule has 8 nitrogen and oxygen atoms in total. The van der Waals surface area contributed by atoms with Crippen molar-refractivity contribution in [2.24, 2.45) is 0 Å². The molecule has 1 fully saturated rings. The quantitative estimate of drug-likeness (QED) is 0.350. The van der Waals surface area contributed by atoms with E-state index in [-0.39, 0.29) is 24.7 Å². The number of nitro benzene ring substituents is 1. The molecule has 10 heteroatoms. The molecule has 0 amide bonds. The average molecular weight is 354 g/mol. The summed E-state index contributed by atoms with van der Waals surface area (Å²) in [5.41, 5.74) is -0.0529. The summed E-state index contributed by atoms with van der Waals surface area (Å²) in [6, 6.07) is 5.42. The van der Waals surface area contributed by atoms with Gasteiger partial charge in [-0.05, 0) is 0 Å². The fourth-order valence-corrected chi connectivity index (χ4v) is 6.09. The normalized spacial score (nSPS) is 26.8. The summed E-state index contributed by atoms with van der Waals surface area (Å²) in [6.45, 7) is 0. The molecule has 19 heavy (non-hydrogen) atoms. The van der Waals surface area contributed by atoms with Crippen LogP contribution in [0.25, 0.3) is 0 Å². The van der Waals surface area contributed by atoms with Crippen molar-refractivity contribution in [3.8, 4) is 5.75 Å². The van der Waals surface area contributed by atoms with Crippen LogP contribution in [-0.4, -0.2) is 38.5 Å². The third-order valence-corrected chi connectivity index (χ3v) is 6.17. The van der Waals surface area contributed by atoms with E-state index >= 15 is 0 Å². The zero-order valence-electron chi connectivity index (χ0n) is 9.59. The van der Waals surface area contributed by atoms with E-state index < -0.39 is 26.6 Å². The standard InChI is InChI=1S/C9H10NO7PSe/c11-10(12)8-1-3-9(4-2-8)15-5-18(13)6-16-19(14)17-7-18/h1-4H,5-7H2. The number of ether oxygens (including phenoxy) is 1. The molecule has 1 aromatic rings. The molecule has 104 valence electrons. The van der Waals surface area contributed by atoms with Gasteiger partial charge in [0, 0.05) is 0 Å². The minimum absolute atomic E-state index is 0.0529. The van der Waals surface area contributed by atoms with Gasteiger partial charge in [-0.1, -0.05) is 0 Å². The summed E-state index contributed by atoms with van der Waals surface area (Å²) < 4.78 is 37.8. The number of nitro groups is 1. The first-order valence-corrected chi connectivity index (χ1v) is 9.47. The molecule has 0 saturated carbocycles. The second-order valence-electron chi connectivity index (χ2n) is 3.78. The predicted molar refractivity (Wildman–Crippen MR) is 64.5 cm³/mol. The van der Waals surface area contributed by atoms with Gasteiger partial charge in [0.25, 0.3) is 0 Å². The molecule has 1 aliphatic rings. The number of rotatable bonds is 4. The molecule has 1 aromatic carbocycles. The molecular weight excluding hydrogens is 344 g/mol. The van der Waals surface area contributed by atoms with Gasteiger partial charge in [0.2, 0.25) is 0 Å². The molecular formula is C9H10NO7PSe. The van der Waals surface area contributed by atoms with E-state index in [1.165, 1.54) is 24.3 Å². The number of benzene rings is 1. The third-order valence-electron chi connectivity index (χ3n) is 2.28. The molecule has 0 spiro atoms. The molecule has 0 aromatic heterocycles. The molecule has 1 heterocycles. The number of hydrogen-bond acceptors (Lipinski definition) is 7. The summed E-state index contributed by atoms with van der Waals surface area (Å²) in [5.74, 6) is 0.362. The van der Waals surface area contributed by atoms with E-state index in [1.807, 2.05) is 0 Å². The number of nitrogens with zero attached hydrogens (tertiary/aromatic N) is 1. The van der Waals surface area contributed by atoms with Crippen molar-refractivity contribution in [1.29, 1.82) is 0 Å². The molecule has 0 bridgehead atoms. The second-order valence-corrected chi connectivity index (χ2v) is 8.52. The minimum atomic E-state index is -2.82.